The maximum absolute atomic E-state index is 12.8. The van der Waals surface area contributed by atoms with Crippen LogP contribution in [0.25, 0.3) is 0 Å². The number of nitrogens with one attached hydrogen (secondary N) is 1. The van der Waals surface area contributed by atoms with Gasteiger partial charge in [-0.3, -0.25) is 4.79 Å². The second kappa shape index (κ2) is 8.33. The Kier molecular flexibility index (Phi) is 5.89. The van der Waals surface area contributed by atoms with Crippen molar-refractivity contribution >= 4 is 17.3 Å². The summed E-state index contributed by atoms with van der Waals surface area (Å²) >= 11 is 0. The van der Waals surface area contributed by atoms with Gasteiger partial charge in [0.1, 0.15) is 18.1 Å². The lowest BCUT2D eigenvalue weighted by molar-refractivity contribution is -0.121. The van der Waals surface area contributed by atoms with E-state index >= 15 is 0 Å². The molecule has 1 amide bonds. The molecule has 5 heteroatoms. The molecule has 0 unspecified atom stereocenters. The van der Waals surface area contributed by atoms with E-state index in [1.807, 2.05) is 31.2 Å². The van der Waals surface area contributed by atoms with Crippen LogP contribution in [-0.2, 0) is 11.2 Å². The molecule has 27 heavy (non-hydrogen) atoms. The van der Waals surface area contributed by atoms with Gasteiger partial charge in [0.05, 0.1) is 13.0 Å². The largest absolute Gasteiger partial charge is 0.497 e. The van der Waals surface area contributed by atoms with E-state index < -0.39 is 0 Å². The summed E-state index contributed by atoms with van der Waals surface area (Å²) in [4.78, 5) is 15.1. The number of anilines is 2. The molecular formula is C22H28N2O3. The van der Waals surface area contributed by atoms with Crippen LogP contribution >= 0.6 is 0 Å². The SMILES string of the molecule is CCN(CC)c1ccc(NC(=O)[C@H]2COc3ccc(OC)cc3C2)c(C)c1. The molecule has 1 aliphatic rings. The van der Waals surface area contributed by atoms with Gasteiger partial charge in [0, 0.05) is 24.5 Å². The number of hydrogen-bond donors (Lipinski definition) is 1. The Morgan fingerprint density at radius 1 is 1.22 bits per heavy atom. The lowest BCUT2D eigenvalue weighted by Gasteiger charge is -2.26. The zero-order chi connectivity index (χ0) is 19.4. The molecule has 144 valence electrons. The highest BCUT2D eigenvalue weighted by atomic mass is 16.5. The number of nitrogens with zero attached hydrogens (tertiary/aromatic N) is 1. The van der Waals surface area contributed by atoms with Crippen molar-refractivity contribution < 1.29 is 14.3 Å². The molecule has 1 aliphatic heterocycles. The Labute approximate surface area is 161 Å². The summed E-state index contributed by atoms with van der Waals surface area (Å²) in [5, 5.41) is 3.07. The molecule has 0 saturated heterocycles. The Morgan fingerprint density at radius 2 is 2.00 bits per heavy atom. The summed E-state index contributed by atoms with van der Waals surface area (Å²) in [6, 6.07) is 11.9. The van der Waals surface area contributed by atoms with E-state index in [-0.39, 0.29) is 11.8 Å². The second-order valence-electron chi connectivity index (χ2n) is 6.85. The van der Waals surface area contributed by atoms with Gasteiger partial charge in [-0.05, 0) is 74.7 Å². The van der Waals surface area contributed by atoms with Crippen LogP contribution in [-0.4, -0.2) is 32.7 Å². The normalized spacial score (nSPS) is 15.5. The van der Waals surface area contributed by atoms with Gasteiger partial charge in [-0.25, -0.2) is 0 Å². The number of rotatable bonds is 6. The Bertz CT molecular complexity index is 815. The average molecular weight is 368 g/mol. The molecule has 0 fully saturated rings. The molecule has 0 aliphatic carbocycles. The van der Waals surface area contributed by atoms with E-state index in [9.17, 15) is 4.79 Å². The highest BCUT2D eigenvalue weighted by Crippen LogP contribution is 2.31. The number of carbonyl (C=O) groups excluding carboxylic acids is 1. The standard InChI is InChI=1S/C22H28N2O3/c1-5-24(6-2)18-7-9-20(15(3)11-18)23-22(25)17-12-16-13-19(26-4)8-10-21(16)27-14-17/h7-11,13,17H,5-6,12,14H2,1-4H3,(H,23,25)/t17-/m1/s1. The fourth-order valence-electron chi connectivity index (χ4n) is 3.47. The first-order chi connectivity index (χ1) is 13.0. The van der Waals surface area contributed by atoms with Gasteiger partial charge < -0.3 is 19.7 Å². The quantitative estimate of drug-likeness (QED) is 0.836. The summed E-state index contributed by atoms with van der Waals surface area (Å²) in [6.45, 7) is 8.63. The number of aryl methyl sites for hydroxylation is 1. The molecule has 0 bridgehead atoms. The van der Waals surface area contributed by atoms with Crippen molar-refractivity contribution in [1.82, 2.24) is 0 Å². The van der Waals surface area contributed by atoms with Crippen LogP contribution < -0.4 is 19.7 Å². The molecule has 3 rings (SSSR count). The van der Waals surface area contributed by atoms with E-state index in [1.165, 1.54) is 5.69 Å². The first-order valence-corrected chi connectivity index (χ1v) is 9.51. The molecule has 1 heterocycles. The molecule has 5 nitrogen and oxygen atoms in total. The van der Waals surface area contributed by atoms with Crippen molar-refractivity contribution in [1.29, 1.82) is 0 Å². The maximum atomic E-state index is 12.8. The van der Waals surface area contributed by atoms with Crippen molar-refractivity contribution in [3.05, 3.63) is 47.5 Å². The summed E-state index contributed by atoms with van der Waals surface area (Å²) in [6.07, 6.45) is 0.648. The van der Waals surface area contributed by atoms with Gasteiger partial charge >= 0.3 is 0 Å². The van der Waals surface area contributed by atoms with Crippen molar-refractivity contribution in [3.63, 3.8) is 0 Å². The Hall–Kier alpha value is -2.69. The molecular weight excluding hydrogens is 340 g/mol. The molecule has 0 aromatic heterocycles. The first-order valence-electron chi connectivity index (χ1n) is 9.51. The molecule has 1 atom stereocenters. The molecule has 0 radical (unpaired) electrons. The lowest BCUT2D eigenvalue weighted by Crippen LogP contribution is -2.32. The van der Waals surface area contributed by atoms with Gasteiger partial charge in [0.2, 0.25) is 5.91 Å². The average Bonchev–Trinajstić information content (AvgIpc) is 2.69. The molecule has 0 spiro atoms. The predicted octanol–water partition coefficient (Wildman–Crippen LogP) is 4.04. The summed E-state index contributed by atoms with van der Waals surface area (Å²) < 4.78 is 11.1. The van der Waals surface area contributed by atoms with Crippen molar-refractivity contribution in [2.24, 2.45) is 5.92 Å². The van der Waals surface area contributed by atoms with Crippen LogP contribution in [0.5, 0.6) is 11.5 Å². The molecule has 2 aromatic rings. The zero-order valence-electron chi connectivity index (χ0n) is 16.5. The Morgan fingerprint density at radius 3 is 2.67 bits per heavy atom. The van der Waals surface area contributed by atoms with E-state index in [0.717, 1.165) is 41.4 Å². The van der Waals surface area contributed by atoms with Crippen molar-refractivity contribution in [3.8, 4) is 11.5 Å². The van der Waals surface area contributed by atoms with E-state index in [1.54, 1.807) is 7.11 Å². The van der Waals surface area contributed by atoms with Gasteiger partial charge in [-0.2, -0.15) is 0 Å². The maximum Gasteiger partial charge on any atom is 0.231 e. The lowest BCUT2D eigenvalue weighted by atomic mass is 9.95. The van der Waals surface area contributed by atoms with Crippen LogP contribution in [0, 0.1) is 12.8 Å². The van der Waals surface area contributed by atoms with Crippen LogP contribution in [0.2, 0.25) is 0 Å². The number of carbonyl (C=O) groups is 1. The minimum Gasteiger partial charge on any atom is -0.497 e. The number of fused-ring (bicyclic) bond motifs is 1. The number of amides is 1. The van der Waals surface area contributed by atoms with Crippen LogP contribution in [0.1, 0.15) is 25.0 Å². The molecule has 2 aromatic carbocycles. The van der Waals surface area contributed by atoms with E-state index in [4.69, 9.17) is 9.47 Å². The first kappa shape index (κ1) is 19.1. The minimum atomic E-state index is -0.216. The van der Waals surface area contributed by atoms with Crippen LogP contribution in [0.3, 0.4) is 0 Å². The van der Waals surface area contributed by atoms with Gasteiger partial charge in [0.25, 0.3) is 0 Å². The number of ether oxygens (including phenoxy) is 2. The summed E-state index contributed by atoms with van der Waals surface area (Å²) in [7, 11) is 1.64. The number of hydrogen-bond acceptors (Lipinski definition) is 4. The third-order valence-electron chi connectivity index (χ3n) is 5.14. The number of methoxy groups -OCH3 is 1. The molecule has 0 saturated carbocycles. The summed E-state index contributed by atoms with van der Waals surface area (Å²) in [5.74, 6) is 1.38. The zero-order valence-corrected chi connectivity index (χ0v) is 16.5. The monoisotopic (exact) mass is 368 g/mol. The number of benzene rings is 2. The predicted molar refractivity (Wildman–Crippen MR) is 109 cm³/mol. The third-order valence-corrected chi connectivity index (χ3v) is 5.14. The van der Waals surface area contributed by atoms with E-state index in [2.05, 4.69) is 36.2 Å². The van der Waals surface area contributed by atoms with Crippen molar-refractivity contribution in [2.45, 2.75) is 27.2 Å². The van der Waals surface area contributed by atoms with Gasteiger partial charge in [-0.15, -0.1) is 0 Å². The minimum absolute atomic E-state index is 0.0119. The van der Waals surface area contributed by atoms with Crippen LogP contribution in [0.15, 0.2) is 36.4 Å². The fraction of sp³-hybridized carbons (Fsp3) is 0.409. The highest BCUT2D eigenvalue weighted by Gasteiger charge is 2.26. The Balaban J connectivity index is 1.70. The third kappa shape index (κ3) is 4.18. The van der Waals surface area contributed by atoms with E-state index in [0.29, 0.717) is 13.0 Å². The topological polar surface area (TPSA) is 50.8 Å². The highest BCUT2D eigenvalue weighted by molar-refractivity contribution is 5.94. The van der Waals surface area contributed by atoms with Gasteiger partial charge in [0.15, 0.2) is 0 Å². The second-order valence-corrected chi connectivity index (χ2v) is 6.85. The molecule has 1 N–H and O–H groups in total. The fourth-order valence-corrected chi connectivity index (χ4v) is 3.47. The van der Waals surface area contributed by atoms with Crippen molar-refractivity contribution in [2.75, 3.05) is 37.0 Å². The summed E-state index contributed by atoms with van der Waals surface area (Å²) in [5.41, 5.74) is 4.10. The smallest absolute Gasteiger partial charge is 0.231 e. The van der Waals surface area contributed by atoms with Gasteiger partial charge in [-0.1, -0.05) is 0 Å². The van der Waals surface area contributed by atoms with Crippen LogP contribution in [0.4, 0.5) is 11.4 Å².